The van der Waals surface area contributed by atoms with Crippen LogP contribution in [-0.2, 0) is 0 Å². The van der Waals surface area contributed by atoms with E-state index < -0.39 is 0 Å². The van der Waals surface area contributed by atoms with E-state index in [2.05, 4.69) is 35.4 Å². The van der Waals surface area contributed by atoms with E-state index in [-0.39, 0.29) is 5.91 Å². The molecular formula is C25H35N9O3. The molecule has 1 aromatic heterocycles. The number of nitrogens with one attached hydrogen (secondary N) is 2. The number of hydrogen-bond acceptors (Lipinski definition) is 11. The molecule has 0 saturated heterocycles. The summed E-state index contributed by atoms with van der Waals surface area (Å²) in [6.07, 6.45) is 3.87. The maximum absolute atomic E-state index is 13.1. The number of likely N-dealkylation sites (N-methyl/N-ethyl adjacent to an activating group) is 1. The lowest BCUT2D eigenvalue weighted by atomic mass is 10.1. The number of rotatable bonds is 11. The number of nitrogens with zero attached hydrogens (tertiary/aromatic N) is 7. The second-order valence-electron chi connectivity index (χ2n) is 9.27. The second kappa shape index (κ2) is 12.0. The third-order valence-corrected chi connectivity index (χ3v) is 5.84. The zero-order valence-electron chi connectivity index (χ0n) is 22.1. The normalized spacial score (nSPS) is 14.2. The summed E-state index contributed by atoms with van der Waals surface area (Å²) in [7, 11) is 9.64. The van der Waals surface area contributed by atoms with Crippen molar-refractivity contribution < 1.29 is 14.3 Å². The molecule has 2 aliphatic rings. The van der Waals surface area contributed by atoms with Crippen molar-refractivity contribution in [2.24, 2.45) is 9.98 Å². The van der Waals surface area contributed by atoms with Crippen LogP contribution >= 0.6 is 0 Å². The second-order valence-corrected chi connectivity index (χ2v) is 9.27. The summed E-state index contributed by atoms with van der Waals surface area (Å²) >= 11 is 0. The fraction of sp³-hybridized carbons (Fsp3) is 0.480. The molecule has 12 heteroatoms. The van der Waals surface area contributed by atoms with Crippen LogP contribution < -0.4 is 20.1 Å². The first-order valence-electron chi connectivity index (χ1n) is 12.3. The standard InChI is InChI=1S/C25H35N9O3/c1-32(2)11-6-14-37-19-8-7-18-20(21(19)36-5)30-25(34-13-10-26-22(18)34)31-23(35)17-15-28-24(29-16-17)27-9-12-33(3)4/h7-8,15-16H,6,9-14H2,1-5H3,(H,27,28,29)(H,30,31,35). The predicted octanol–water partition coefficient (Wildman–Crippen LogP) is 1.28. The summed E-state index contributed by atoms with van der Waals surface area (Å²) in [6.45, 7) is 4.24. The first kappa shape index (κ1) is 26.3. The first-order chi connectivity index (χ1) is 17.9. The highest BCUT2D eigenvalue weighted by atomic mass is 16.5. The van der Waals surface area contributed by atoms with E-state index in [1.54, 1.807) is 7.11 Å². The molecule has 37 heavy (non-hydrogen) atoms. The minimum absolute atomic E-state index is 0.328. The number of anilines is 1. The van der Waals surface area contributed by atoms with Gasteiger partial charge in [-0.3, -0.25) is 20.0 Å². The summed E-state index contributed by atoms with van der Waals surface area (Å²) in [4.78, 5) is 37.1. The molecule has 0 atom stereocenters. The van der Waals surface area contributed by atoms with Gasteiger partial charge in [-0.15, -0.1) is 0 Å². The summed E-state index contributed by atoms with van der Waals surface area (Å²) in [5, 5.41) is 6.04. The van der Waals surface area contributed by atoms with Gasteiger partial charge in [0.1, 0.15) is 11.5 Å². The molecule has 0 unspecified atom stereocenters. The molecule has 0 spiro atoms. The molecule has 1 aromatic carbocycles. The zero-order valence-corrected chi connectivity index (χ0v) is 22.1. The monoisotopic (exact) mass is 509 g/mol. The number of carbonyl (C=O) groups excluding carboxylic acids is 1. The lowest BCUT2D eigenvalue weighted by molar-refractivity contribution is 0.0973. The number of fused-ring (bicyclic) bond motifs is 3. The van der Waals surface area contributed by atoms with Gasteiger partial charge in [0.15, 0.2) is 11.5 Å². The Morgan fingerprint density at radius 1 is 1.11 bits per heavy atom. The average molecular weight is 510 g/mol. The Bertz CT molecular complexity index is 1160. The van der Waals surface area contributed by atoms with E-state index in [9.17, 15) is 4.79 Å². The van der Waals surface area contributed by atoms with Crippen molar-refractivity contribution in [3.63, 3.8) is 0 Å². The molecule has 2 aromatic rings. The zero-order chi connectivity index (χ0) is 26.4. The van der Waals surface area contributed by atoms with Gasteiger partial charge < -0.3 is 24.6 Å². The molecule has 3 heterocycles. The molecule has 198 valence electrons. The highest BCUT2D eigenvalue weighted by Crippen LogP contribution is 2.43. The maximum atomic E-state index is 13.1. The molecule has 2 aliphatic heterocycles. The number of amidine groups is 1. The Labute approximate surface area is 217 Å². The Kier molecular flexibility index (Phi) is 8.51. The summed E-state index contributed by atoms with van der Waals surface area (Å²) in [6, 6.07) is 3.82. The summed E-state index contributed by atoms with van der Waals surface area (Å²) < 4.78 is 11.7. The molecule has 1 amide bonds. The van der Waals surface area contributed by atoms with Crippen LogP contribution in [-0.4, -0.2) is 117 Å². The van der Waals surface area contributed by atoms with Gasteiger partial charge in [-0.25, -0.2) is 15.0 Å². The van der Waals surface area contributed by atoms with Crippen LogP contribution in [0.15, 0.2) is 34.5 Å². The van der Waals surface area contributed by atoms with Gasteiger partial charge in [0.2, 0.25) is 11.9 Å². The number of carbonyl (C=O) groups is 1. The van der Waals surface area contributed by atoms with Crippen LogP contribution in [0.25, 0.3) is 0 Å². The van der Waals surface area contributed by atoms with E-state index in [0.29, 0.717) is 60.9 Å². The van der Waals surface area contributed by atoms with Crippen LogP contribution in [0.2, 0.25) is 0 Å². The lowest BCUT2D eigenvalue weighted by Gasteiger charge is -2.28. The highest BCUT2D eigenvalue weighted by Gasteiger charge is 2.33. The number of aliphatic imine (C=N–C) groups is 2. The molecule has 0 saturated carbocycles. The van der Waals surface area contributed by atoms with Crippen LogP contribution in [0.4, 0.5) is 11.6 Å². The molecule has 0 fully saturated rings. The molecule has 2 N–H and O–H groups in total. The largest absolute Gasteiger partial charge is 0.491 e. The number of amides is 1. The lowest BCUT2D eigenvalue weighted by Crippen LogP contribution is -2.47. The Morgan fingerprint density at radius 3 is 2.57 bits per heavy atom. The van der Waals surface area contributed by atoms with Crippen molar-refractivity contribution in [1.82, 2.24) is 30.0 Å². The third-order valence-electron chi connectivity index (χ3n) is 5.84. The van der Waals surface area contributed by atoms with Gasteiger partial charge in [0.25, 0.3) is 5.91 Å². The number of hydrogen-bond donors (Lipinski definition) is 2. The van der Waals surface area contributed by atoms with Crippen molar-refractivity contribution in [2.75, 3.05) is 79.9 Å². The number of guanidine groups is 1. The van der Waals surface area contributed by atoms with E-state index >= 15 is 0 Å². The van der Waals surface area contributed by atoms with E-state index in [1.807, 2.05) is 45.2 Å². The van der Waals surface area contributed by atoms with Crippen molar-refractivity contribution >= 4 is 29.3 Å². The fourth-order valence-electron chi connectivity index (χ4n) is 3.97. The van der Waals surface area contributed by atoms with Crippen LogP contribution in [0.3, 0.4) is 0 Å². The molecule has 0 aliphatic carbocycles. The molecule has 0 radical (unpaired) electrons. The molecular weight excluding hydrogens is 474 g/mol. The van der Waals surface area contributed by atoms with Gasteiger partial charge in [-0.1, -0.05) is 0 Å². The number of aromatic nitrogens is 2. The van der Waals surface area contributed by atoms with Gasteiger partial charge in [-0.2, -0.15) is 0 Å². The van der Waals surface area contributed by atoms with E-state index in [0.717, 1.165) is 30.9 Å². The molecule has 4 rings (SSSR count). The van der Waals surface area contributed by atoms with Gasteiger partial charge in [0, 0.05) is 44.1 Å². The first-order valence-corrected chi connectivity index (χ1v) is 12.3. The quantitative estimate of drug-likeness (QED) is 0.432. The maximum Gasteiger partial charge on any atom is 0.261 e. The fourth-order valence-corrected chi connectivity index (χ4v) is 3.97. The number of methoxy groups -OCH3 is 1. The topological polar surface area (TPSA) is 120 Å². The minimum Gasteiger partial charge on any atom is -0.491 e. The predicted molar refractivity (Wildman–Crippen MR) is 143 cm³/mol. The van der Waals surface area contributed by atoms with E-state index in [1.165, 1.54) is 12.4 Å². The van der Waals surface area contributed by atoms with Crippen molar-refractivity contribution in [3.05, 3.63) is 35.7 Å². The number of ether oxygens (including phenoxy) is 2. The van der Waals surface area contributed by atoms with Crippen LogP contribution in [0, 0.1) is 0 Å². The van der Waals surface area contributed by atoms with Gasteiger partial charge in [-0.05, 0) is 46.7 Å². The Hall–Kier alpha value is -3.77. The van der Waals surface area contributed by atoms with Crippen LogP contribution in [0.1, 0.15) is 22.3 Å². The van der Waals surface area contributed by atoms with Crippen LogP contribution in [0.5, 0.6) is 11.5 Å². The summed E-state index contributed by atoms with van der Waals surface area (Å²) in [5.41, 5.74) is 1.75. The van der Waals surface area contributed by atoms with Crippen molar-refractivity contribution in [2.45, 2.75) is 6.42 Å². The van der Waals surface area contributed by atoms with Gasteiger partial charge in [0.05, 0.1) is 25.8 Å². The number of benzene rings is 1. The van der Waals surface area contributed by atoms with Crippen molar-refractivity contribution in [1.29, 1.82) is 0 Å². The van der Waals surface area contributed by atoms with Gasteiger partial charge >= 0.3 is 0 Å². The molecule has 0 bridgehead atoms. The molecule has 12 nitrogen and oxygen atoms in total. The average Bonchev–Trinajstić information content (AvgIpc) is 3.37. The SMILES string of the molecule is COc1c(OCCCN(C)C)ccc2c1N=C(NC(=O)c1cnc(NCCN(C)C)nc1)N1CCN=C21. The summed E-state index contributed by atoms with van der Waals surface area (Å²) in [5.74, 6) is 2.36. The Morgan fingerprint density at radius 2 is 1.86 bits per heavy atom. The third kappa shape index (κ3) is 6.33. The van der Waals surface area contributed by atoms with E-state index in [4.69, 9.17) is 14.5 Å². The smallest absolute Gasteiger partial charge is 0.261 e. The van der Waals surface area contributed by atoms with Crippen molar-refractivity contribution in [3.8, 4) is 11.5 Å². The highest BCUT2D eigenvalue weighted by molar-refractivity contribution is 6.20. The minimum atomic E-state index is -0.358. The Balaban J connectivity index is 1.52.